The Morgan fingerprint density at radius 2 is 2.18 bits per heavy atom. The van der Waals surface area contributed by atoms with Crippen molar-refractivity contribution in [1.82, 2.24) is 5.32 Å². The first-order valence-electron chi connectivity index (χ1n) is 5.80. The predicted molar refractivity (Wildman–Crippen MR) is 69.6 cm³/mol. The van der Waals surface area contributed by atoms with Gasteiger partial charge in [0.2, 0.25) is 0 Å². The van der Waals surface area contributed by atoms with Crippen LogP contribution in [0.2, 0.25) is 0 Å². The zero-order valence-corrected chi connectivity index (χ0v) is 10.8. The number of carbonyl (C=O) groups is 1. The van der Waals surface area contributed by atoms with E-state index in [0.29, 0.717) is 12.1 Å². The van der Waals surface area contributed by atoms with Crippen LogP contribution in [0.25, 0.3) is 0 Å². The highest BCUT2D eigenvalue weighted by Gasteiger charge is 2.30. The molecule has 0 bridgehead atoms. The van der Waals surface area contributed by atoms with Crippen molar-refractivity contribution in [3.8, 4) is 0 Å². The number of amides is 1. The molecule has 17 heavy (non-hydrogen) atoms. The number of benzene rings is 1. The molecule has 0 radical (unpaired) electrons. The van der Waals surface area contributed by atoms with Crippen LogP contribution in [0.5, 0.6) is 0 Å². The van der Waals surface area contributed by atoms with E-state index in [1.165, 1.54) is 0 Å². The monoisotopic (exact) mass is 251 g/mol. The zero-order valence-electron chi connectivity index (χ0n) is 9.90. The van der Waals surface area contributed by atoms with Gasteiger partial charge in [-0.2, -0.15) is 0 Å². The third-order valence-corrected chi connectivity index (χ3v) is 3.35. The number of rotatable bonds is 3. The van der Waals surface area contributed by atoms with Crippen molar-refractivity contribution in [1.29, 1.82) is 0 Å². The lowest BCUT2D eigenvalue weighted by Gasteiger charge is -2.23. The topological polar surface area (TPSA) is 38.3 Å². The Balaban J connectivity index is 1.91. The maximum atomic E-state index is 11.9. The minimum Gasteiger partial charge on any atom is -0.373 e. The van der Waals surface area contributed by atoms with E-state index in [1.54, 1.807) is 12.1 Å². The fraction of sp³-hybridized carbons (Fsp3) is 0.462. The second kappa shape index (κ2) is 5.10. The summed E-state index contributed by atoms with van der Waals surface area (Å²) in [6, 6.07) is 7.17. The average Bonchev–Trinajstić information content (AvgIpc) is 2.75. The van der Waals surface area contributed by atoms with Gasteiger partial charge in [0.25, 0.3) is 5.91 Å². The summed E-state index contributed by atoms with van der Waals surface area (Å²) in [5.41, 5.74) is 0.462. The van der Waals surface area contributed by atoms with Crippen molar-refractivity contribution in [2.75, 3.05) is 13.2 Å². The summed E-state index contributed by atoms with van der Waals surface area (Å²) >= 11 is 4.18. The summed E-state index contributed by atoms with van der Waals surface area (Å²) in [6.45, 7) is 3.40. The molecule has 3 nitrogen and oxygen atoms in total. The molecular weight excluding hydrogens is 234 g/mol. The maximum absolute atomic E-state index is 11.9. The van der Waals surface area contributed by atoms with Gasteiger partial charge in [0.05, 0.1) is 5.60 Å². The SMILES string of the molecule is CC1(CNC(=O)c2ccc(S)cc2)CCCO1. The first kappa shape index (κ1) is 12.5. The molecule has 0 aliphatic carbocycles. The molecule has 1 heterocycles. The van der Waals surface area contributed by atoms with Gasteiger partial charge in [0.15, 0.2) is 0 Å². The van der Waals surface area contributed by atoms with Gasteiger partial charge in [-0.3, -0.25) is 4.79 Å². The van der Waals surface area contributed by atoms with Gasteiger partial charge in [-0.25, -0.2) is 0 Å². The van der Waals surface area contributed by atoms with Crippen LogP contribution in [0, 0.1) is 0 Å². The number of hydrogen-bond donors (Lipinski definition) is 2. The largest absolute Gasteiger partial charge is 0.373 e. The predicted octanol–water partition coefficient (Wildman–Crippen LogP) is 2.27. The number of carbonyl (C=O) groups excluding carboxylic acids is 1. The summed E-state index contributed by atoms with van der Waals surface area (Å²) in [5, 5.41) is 2.91. The Morgan fingerprint density at radius 3 is 2.76 bits per heavy atom. The minimum atomic E-state index is -0.195. The molecule has 0 aromatic heterocycles. The van der Waals surface area contributed by atoms with E-state index >= 15 is 0 Å². The third-order valence-electron chi connectivity index (χ3n) is 3.05. The van der Waals surface area contributed by atoms with Crippen LogP contribution in [0.3, 0.4) is 0 Å². The average molecular weight is 251 g/mol. The van der Waals surface area contributed by atoms with Gasteiger partial charge < -0.3 is 10.1 Å². The van der Waals surface area contributed by atoms with E-state index in [2.05, 4.69) is 17.9 Å². The summed E-state index contributed by atoms with van der Waals surface area (Å²) in [4.78, 5) is 12.7. The maximum Gasteiger partial charge on any atom is 0.251 e. The molecule has 4 heteroatoms. The van der Waals surface area contributed by atoms with Crippen molar-refractivity contribution < 1.29 is 9.53 Å². The highest BCUT2D eigenvalue weighted by Crippen LogP contribution is 2.23. The number of nitrogens with one attached hydrogen (secondary N) is 1. The van der Waals surface area contributed by atoms with Crippen LogP contribution < -0.4 is 5.32 Å². The minimum absolute atomic E-state index is 0.0601. The Labute approximate surface area is 107 Å². The van der Waals surface area contributed by atoms with Crippen molar-refractivity contribution >= 4 is 18.5 Å². The Kier molecular flexibility index (Phi) is 3.74. The van der Waals surface area contributed by atoms with E-state index in [0.717, 1.165) is 24.3 Å². The van der Waals surface area contributed by atoms with Crippen LogP contribution >= 0.6 is 12.6 Å². The molecule has 1 unspecified atom stereocenters. The Bertz CT molecular complexity index is 396. The number of thiol groups is 1. The van der Waals surface area contributed by atoms with Crippen LogP contribution in [0.4, 0.5) is 0 Å². The molecule has 1 aliphatic rings. The van der Waals surface area contributed by atoms with Gasteiger partial charge in [-0.05, 0) is 44.0 Å². The molecule has 1 amide bonds. The lowest BCUT2D eigenvalue weighted by Crippen LogP contribution is -2.40. The van der Waals surface area contributed by atoms with Gasteiger partial charge >= 0.3 is 0 Å². The van der Waals surface area contributed by atoms with E-state index in [4.69, 9.17) is 4.74 Å². The van der Waals surface area contributed by atoms with E-state index < -0.39 is 0 Å². The van der Waals surface area contributed by atoms with Crippen LogP contribution in [0.1, 0.15) is 30.1 Å². The molecule has 1 aliphatic heterocycles. The molecule has 0 spiro atoms. The molecule has 2 rings (SSSR count). The lowest BCUT2D eigenvalue weighted by atomic mass is 10.0. The molecule has 1 aromatic rings. The van der Waals surface area contributed by atoms with E-state index in [-0.39, 0.29) is 11.5 Å². The Hall–Kier alpha value is -1.00. The zero-order chi connectivity index (χ0) is 12.3. The Morgan fingerprint density at radius 1 is 1.47 bits per heavy atom. The molecule has 1 saturated heterocycles. The van der Waals surface area contributed by atoms with Gasteiger partial charge in [0.1, 0.15) is 0 Å². The third kappa shape index (κ3) is 3.23. The highest BCUT2D eigenvalue weighted by molar-refractivity contribution is 7.80. The summed E-state index contributed by atoms with van der Waals surface area (Å²) in [5.74, 6) is -0.0601. The molecule has 1 aromatic carbocycles. The van der Waals surface area contributed by atoms with Gasteiger partial charge in [0, 0.05) is 23.6 Å². The molecule has 1 atom stereocenters. The van der Waals surface area contributed by atoms with Gasteiger partial charge in [-0.15, -0.1) is 12.6 Å². The highest BCUT2D eigenvalue weighted by atomic mass is 32.1. The van der Waals surface area contributed by atoms with Crippen LogP contribution in [-0.2, 0) is 4.74 Å². The van der Waals surface area contributed by atoms with Crippen LogP contribution in [-0.4, -0.2) is 24.7 Å². The van der Waals surface area contributed by atoms with E-state index in [1.807, 2.05) is 19.1 Å². The van der Waals surface area contributed by atoms with Crippen molar-refractivity contribution in [2.24, 2.45) is 0 Å². The molecule has 92 valence electrons. The first-order valence-corrected chi connectivity index (χ1v) is 6.25. The number of hydrogen-bond acceptors (Lipinski definition) is 3. The van der Waals surface area contributed by atoms with Gasteiger partial charge in [-0.1, -0.05) is 0 Å². The quantitative estimate of drug-likeness (QED) is 0.809. The summed E-state index contributed by atoms with van der Waals surface area (Å²) in [6.07, 6.45) is 2.07. The standard InChI is InChI=1S/C13H17NO2S/c1-13(7-2-8-16-13)9-14-12(15)10-3-5-11(17)6-4-10/h3-6,17H,2,7-9H2,1H3,(H,14,15). The molecule has 0 saturated carbocycles. The second-order valence-electron chi connectivity index (χ2n) is 4.63. The molecule has 1 N–H and O–H groups in total. The lowest BCUT2D eigenvalue weighted by molar-refractivity contribution is 0.0206. The van der Waals surface area contributed by atoms with Crippen molar-refractivity contribution in [2.45, 2.75) is 30.3 Å². The van der Waals surface area contributed by atoms with Crippen molar-refractivity contribution in [3.63, 3.8) is 0 Å². The normalized spacial score (nSPS) is 23.6. The van der Waals surface area contributed by atoms with Crippen LogP contribution in [0.15, 0.2) is 29.2 Å². The number of ether oxygens (including phenoxy) is 1. The fourth-order valence-electron chi connectivity index (χ4n) is 1.96. The molecule has 1 fully saturated rings. The van der Waals surface area contributed by atoms with E-state index in [9.17, 15) is 4.79 Å². The fourth-order valence-corrected chi connectivity index (χ4v) is 2.11. The first-order chi connectivity index (χ1) is 8.09. The summed E-state index contributed by atoms with van der Waals surface area (Å²) in [7, 11) is 0. The van der Waals surface area contributed by atoms with Crippen molar-refractivity contribution in [3.05, 3.63) is 29.8 Å². The molecular formula is C13H17NO2S. The second-order valence-corrected chi connectivity index (χ2v) is 5.15. The smallest absolute Gasteiger partial charge is 0.251 e. The summed E-state index contributed by atoms with van der Waals surface area (Å²) < 4.78 is 5.62.